The van der Waals surface area contributed by atoms with E-state index in [2.05, 4.69) is 52.9 Å². The van der Waals surface area contributed by atoms with Crippen LogP contribution in [0.5, 0.6) is 5.75 Å². The molecule has 1 aliphatic rings. The molecule has 0 aliphatic carbocycles. The molecule has 1 aromatic carbocycles. The summed E-state index contributed by atoms with van der Waals surface area (Å²) in [6, 6.07) is 6.72. The van der Waals surface area contributed by atoms with Crippen molar-refractivity contribution in [1.29, 1.82) is 0 Å². The van der Waals surface area contributed by atoms with Crippen molar-refractivity contribution < 1.29 is 4.74 Å². The molecule has 1 unspecified atom stereocenters. The second-order valence-corrected chi connectivity index (χ2v) is 5.56. The highest BCUT2D eigenvalue weighted by Gasteiger charge is 2.20. The lowest BCUT2D eigenvalue weighted by atomic mass is 10.00. The zero-order valence-electron chi connectivity index (χ0n) is 10.1. The monoisotopic (exact) mass is 295 g/mol. The molecule has 0 saturated carbocycles. The predicted octanol–water partition coefficient (Wildman–Crippen LogP) is 3.71. The third-order valence-corrected chi connectivity index (χ3v) is 3.32. The number of hydrogen-bond acceptors (Lipinski definition) is 2. The molecule has 0 bridgehead atoms. The molecule has 1 atom stereocenters. The number of hydrogen-bond donors (Lipinski definition) is 1. The molecular formula is C14H18BrNO. The van der Waals surface area contributed by atoms with Gasteiger partial charge in [-0.05, 0) is 25.3 Å². The van der Waals surface area contributed by atoms with Crippen LogP contribution in [-0.2, 0) is 0 Å². The van der Waals surface area contributed by atoms with E-state index >= 15 is 0 Å². The number of aryl methyl sites for hydroxylation is 1. The van der Waals surface area contributed by atoms with Gasteiger partial charge in [0.15, 0.2) is 0 Å². The molecule has 17 heavy (non-hydrogen) atoms. The van der Waals surface area contributed by atoms with Crippen molar-refractivity contribution >= 4 is 15.9 Å². The molecule has 0 aromatic heterocycles. The Bertz CT molecular complexity index is 417. The fourth-order valence-corrected chi connectivity index (χ4v) is 2.37. The average Bonchev–Trinajstić information content (AvgIpc) is 2.50. The van der Waals surface area contributed by atoms with Gasteiger partial charge in [0.1, 0.15) is 5.75 Å². The maximum atomic E-state index is 5.84. The Morgan fingerprint density at radius 1 is 1.59 bits per heavy atom. The fourth-order valence-electron chi connectivity index (χ4n) is 2.21. The maximum absolute atomic E-state index is 5.84. The fraction of sp³-hybridized carbons (Fsp3) is 0.429. The number of para-hydroxylation sites is 1. The van der Waals surface area contributed by atoms with E-state index in [1.165, 1.54) is 11.1 Å². The minimum Gasteiger partial charge on any atom is -0.493 e. The van der Waals surface area contributed by atoms with Gasteiger partial charge in [0, 0.05) is 22.6 Å². The second kappa shape index (κ2) is 5.69. The number of halogens is 1. The molecule has 1 N–H and O–H groups in total. The van der Waals surface area contributed by atoms with Crippen molar-refractivity contribution in [3.63, 3.8) is 0 Å². The Balaban J connectivity index is 2.24. The first-order valence-corrected chi connectivity index (χ1v) is 6.77. The summed E-state index contributed by atoms with van der Waals surface area (Å²) in [6.45, 7) is 7.56. The van der Waals surface area contributed by atoms with Gasteiger partial charge in [-0.25, -0.2) is 0 Å². The van der Waals surface area contributed by atoms with E-state index < -0.39 is 0 Å². The predicted molar refractivity (Wildman–Crippen MR) is 74.7 cm³/mol. The maximum Gasteiger partial charge on any atom is 0.126 e. The smallest absolute Gasteiger partial charge is 0.126 e. The summed E-state index contributed by atoms with van der Waals surface area (Å²) in [5, 5.41) is 3.52. The quantitative estimate of drug-likeness (QED) is 0.918. The second-order valence-electron chi connectivity index (χ2n) is 4.43. The minimum absolute atomic E-state index is 0.363. The highest BCUT2D eigenvalue weighted by molar-refractivity contribution is 9.11. The van der Waals surface area contributed by atoms with Crippen LogP contribution in [0.25, 0.3) is 0 Å². The van der Waals surface area contributed by atoms with Crippen LogP contribution < -0.4 is 10.1 Å². The molecule has 2 nitrogen and oxygen atoms in total. The van der Waals surface area contributed by atoms with Crippen molar-refractivity contribution in [2.45, 2.75) is 25.8 Å². The van der Waals surface area contributed by atoms with Crippen LogP contribution in [0.15, 0.2) is 29.3 Å². The summed E-state index contributed by atoms with van der Waals surface area (Å²) >= 11 is 3.39. The van der Waals surface area contributed by atoms with Crippen LogP contribution in [0.1, 0.15) is 30.0 Å². The van der Waals surface area contributed by atoms with E-state index in [1.807, 2.05) is 0 Å². The van der Waals surface area contributed by atoms with Crippen molar-refractivity contribution in [2.75, 3.05) is 13.2 Å². The van der Waals surface area contributed by atoms with E-state index in [1.54, 1.807) is 0 Å². The van der Waals surface area contributed by atoms with E-state index in [-0.39, 0.29) is 0 Å². The van der Waals surface area contributed by atoms with E-state index in [9.17, 15) is 0 Å². The van der Waals surface area contributed by atoms with Gasteiger partial charge in [-0.2, -0.15) is 0 Å². The Hall–Kier alpha value is -0.800. The number of nitrogens with one attached hydrogen (secondary N) is 1. The molecule has 3 heteroatoms. The summed E-state index contributed by atoms with van der Waals surface area (Å²) in [5.41, 5.74) is 2.49. The van der Waals surface area contributed by atoms with Crippen LogP contribution in [0, 0.1) is 6.92 Å². The molecule has 0 spiro atoms. The normalized spacial score (nSPS) is 19.1. The van der Waals surface area contributed by atoms with Crippen LogP contribution in [0.3, 0.4) is 0 Å². The first-order chi connectivity index (χ1) is 8.18. The SMILES string of the molecule is C=C(Br)CNC1CCCOc2c(C)cccc21. The zero-order chi connectivity index (χ0) is 12.3. The van der Waals surface area contributed by atoms with E-state index in [0.717, 1.165) is 36.2 Å². The Morgan fingerprint density at radius 2 is 2.41 bits per heavy atom. The number of fused-ring (bicyclic) bond motifs is 1. The van der Waals surface area contributed by atoms with E-state index in [4.69, 9.17) is 4.74 Å². The van der Waals surface area contributed by atoms with Gasteiger partial charge >= 0.3 is 0 Å². The summed E-state index contributed by atoms with van der Waals surface area (Å²) in [6.07, 6.45) is 2.19. The number of ether oxygens (including phenoxy) is 1. The van der Waals surface area contributed by atoms with E-state index in [0.29, 0.717) is 6.04 Å². The van der Waals surface area contributed by atoms with Crippen molar-refractivity contribution in [3.8, 4) is 5.75 Å². The van der Waals surface area contributed by atoms with Crippen LogP contribution in [0.2, 0.25) is 0 Å². The van der Waals surface area contributed by atoms with Crippen molar-refractivity contribution in [1.82, 2.24) is 5.32 Å². The van der Waals surface area contributed by atoms with Crippen LogP contribution in [-0.4, -0.2) is 13.2 Å². The Morgan fingerprint density at radius 3 is 3.18 bits per heavy atom. The molecule has 92 valence electrons. The van der Waals surface area contributed by atoms with Crippen molar-refractivity contribution in [2.24, 2.45) is 0 Å². The number of benzene rings is 1. The standard InChI is InChI=1S/C14H18BrNO/c1-10-5-3-6-12-13(16-9-11(2)15)7-4-8-17-14(10)12/h3,5-6,13,16H,2,4,7-9H2,1H3. The topological polar surface area (TPSA) is 21.3 Å². The third-order valence-electron chi connectivity index (χ3n) is 3.04. The zero-order valence-corrected chi connectivity index (χ0v) is 11.7. The van der Waals surface area contributed by atoms with Gasteiger partial charge in [0.05, 0.1) is 6.61 Å². The average molecular weight is 296 g/mol. The Kier molecular flexibility index (Phi) is 4.24. The molecule has 0 amide bonds. The summed E-state index contributed by atoms with van der Waals surface area (Å²) in [5.74, 6) is 1.06. The minimum atomic E-state index is 0.363. The lowest BCUT2D eigenvalue weighted by molar-refractivity contribution is 0.313. The molecule has 1 aliphatic heterocycles. The van der Waals surface area contributed by atoms with Crippen LogP contribution >= 0.6 is 15.9 Å². The Labute approximate surface area is 111 Å². The molecule has 0 saturated heterocycles. The number of rotatable bonds is 3. The molecule has 0 fully saturated rings. The van der Waals surface area contributed by atoms with Gasteiger partial charge < -0.3 is 10.1 Å². The summed E-state index contributed by atoms with van der Waals surface area (Å²) in [4.78, 5) is 0. The van der Waals surface area contributed by atoms with Gasteiger partial charge in [0.25, 0.3) is 0 Å². The molecule has 1 heterocycles. The van der Waals surface area contributed by atoms with Gasteiger partial charge in [-0.1, -0.05) is 40.7 Å². The van der Waals surface area contributed by atoms with Crippen molar-refractivity contribution in [3.05, 3.63) is 40.4 Å². The highest BCUT2D eigenvalue weighted by Crippen LogP contribution is 2.33. The summed E-state index contributed by atoms with van der Waals surface area (Å²) in [7, 11) is 0. The molecule has 2 rings (SSSR count). The molecule has 1 aromatic rings. The first-order valence-electron chi connectivity index (χ1n) is 5.97. The highest BCUT2D eigenvalue weighted by atomic mass is 79.9. The first kappa shape index (κ1) is 12.7. The lowest BCUT2D eigenvalue weighted by Crippen LogP contribution is -2.22. The van der Waals surface area contributed by atoms with Gasteiger partial charge in [0.2, 0.25) is 0 Å². The summed E-state index contributed by atoms with van der Waals surface area (Å²) < 4.78 is 6.83. The molecule has 0 radical (unpaired) electrons. The largest absolute Gasteiger partial charge is 0.493 e. The third kappa shape index (κ3) is 3.11. The lowest BCUT2D eigenvalue weighted by Gasteiger charge is -2.19. The van der Waals surface area contributed by atoms with Gasteiger partial charge in [-0.15, -0.1) is 0 Å². The van der Waals surface area contributed by atoms with Crippen LogP contribution in [0.4, 0.5) is 0 Å². The van der Waals surface area contributed by atoms with Gasteiger partial charge in [-0.3, -0.25) is 0 Å². The molecular weight excluding hydrogens is 278 g/mol.